The molecule has 1 aliphatic heterocycles. The van der Waals surface area contributed by atoms with Gasteiger partial charge in [-0.25, -0.2) is 4.98 Å². The van der Waals surface area contributed by atoms with Gasteiger partial charge in [-0.3, -0.25) is 9.59 Å². The van der Waals surface area contributed by atoms with Crippen LogP contribution < -0.4 is 5.32 Å². The number of thioether (sulfide) groups is 2. The molecule has 3 N–H and O–H groups in total. The molecule has 2 heterocycles. The molecule has 0 amide bonds. The van der Waals surface area contributed by atoms with E-state index in [1.54, 1.807) is 13.8 Å². The zero-order valence-electron chi connectivity index (χ0n) is 38.9. The molecule has 0 aromatic carbocycles. The maximum atomic E-state index is 9.37. The van der Waals surface area contributed by atoms with Crippen molar-refractivity contribution in [2.75, 3.05) is 29.6 Å². The van der Waals surface area contributed by atoms with E-state index < -0.39 is 11.9 Å². The van der Waals surface area contributed by atoms with Gasteiger partial charge in [0.15, 0.2) is 0 Å². The van der Waals surface area contributed by atoms with Gasteiger partial charge in [0.25, 0.3) is 0 Å². The van der Waals surface area contributed by atoms with Gasteiger partial charge in [-0.1, -0.05) is 183 Å². The molecule has 0 bridgehead atoms. The lowest BCUT2D eigenvalue weighted by atomic mass is 10.0. The summed E-state index contributed by atoms with van der Waals surface area (Å²) in [6.07, 6.45) is 43.4. The van der Waals surface area contributed by atoms with E-state index in [9.17, 15) is 9.59 Å². The highest BCUT2D eigenvalue weighted by Crippen LogP contribution is 2.15. The molecule has 0 radical (unpaired) electrons. The number of carbonyl (C=O) groups is 2. The third-order valence-corrected chi connectivity index (χ3v) is 12.1. The summed E-state index contributed by atoms with van der Waals surface area (Å²) in [6.45, 7) is 16.7. The summed E-state index contributed by atoms with van der Waals surface area (Å²) >= 11 is 4.18. The lowest BCUT2D eigenvalue weighted by Gasteiger charge is -2.27. The van der Waals surface area contributed by atoms with E-state index in [1.165, 1.54) is 203 Å². The second-order valence-corrected chi connectivity index (χ2v) is 18.2. The van der Waals surface area contributed by atoms with Crippen molar-refractivity contribution in [2.24, 2.45) is 0 Å². The van der Waals surface area contributed by atoms with Gasteiger partial charge in [0.05, 0.1) is 0 Å². The van der Waals surface area contributed by atoms with Crippen LogP contribution in [0.5, 0.6) is 0 Å². The summed E-state index contributed by atoms with van der Waals surface area (Å²) < 4.78 is 2.22. The van der Waals surface area contributed by atoms with Gasteiger partial charge in [-0.15, -0.1) is 0 Å². The minimum absolute atomic E-state index is 0.222. The highest BCUT2D eigenvalue weighted by atomic mass is 32.2. The molecule has 1 aromatic rings. The van der Waals surface area contributed by atoms with Gasteiger partial charge in [0.1, 0.15) is 5.82 Å². The number of nitrogens with one attached hydrogen (secondary N) is 1. The fraction of sp³-hybridized carbons (Fsp3) is 0.896. The van der Waals surface area contributed by atoms with Crippen molar-refractivity contribution >= 4 is 35.5 Å². The fourth-order valence-electron chi connectivity index (χ4n) is 6.12. The average molecular weight is 844 g/mol. The van der Waals surface area contributed by atoms with Crippen LogP contribution in [0.25, 0.3) is 0 Å². The van der Waals surface area contributed by atoms with Crippen LogP contribution in [0, 0.1) is 6.92 Å². The van der Waals surface area contributed by atoms with Crippen molar-refractivity contribution in [1.82, 2.24) is 14.9 Å². The SMILES string of the molecule is CCC(=O)O.CCC(=O)O.CCCCCCCCCCCCCCSCC.CCCCCCCCCCCCCCSCC.Cc1nccn1CCCC1CCN1. The van der Waals surface area contributed by atoms with Crippen LogP contribution in [0.4, 0.5) is 0 Å². The van der Waals surface area contributed by atoms with E-state index in [1.807, 2.05) is 6.20 Å². The van der Waals surface area contributed by atoms with E-state index in [-0.39, 0.29) is 12.8 Å². The van der Waals surface area contributed by atoms with Crippen LogP contribution in [0.15, 0.2) is 12.4 Å². The van der Waals surface area contributed by atoms with Crippen LogP contribution >= 0.6 is 23.5 Å². The van der Waals surface area contributed by atoms with E-state index in [0.717, 1.165) is 18.4 Å². The number of hydrogen-bond acceptors (Lipinski definition) is 6. The third kappa shape index (κ3) is 54.8. The Hall–Kier alpha value is -1.19. The van der Waals surface area contributed by atoms with E-state index >= 15 is 0 Å². The van der Waals surface area contributed by atoms with Crippen molar-refractivity contribution in [3.8, 4) is 0 Å². The molecule has 0 saturated carbocycles. The number of aromatic nitrogens is 2. The largest absolute Gasteiger partial charge is 0.481 e. The van der Waals surface area contributed by atoms with E-state index in [0.29, 0.717) is 0 Å². The third-order valence-electron chi connectivity index (χ3n) is 10.1. The molecular formula is C48H97N3O4S2. The number of aryl methyl sites for hydroxylation is 2. The minimum atomic E-state index is -0.745. The zero-order valence-corrected chi connectivity index (χ0v) is 40.5. The highest BCUT2D eigenvalue weighted by molar-refractivity contribution is 7.99. The minimum Gasteiger partial charge on any atom is -0.481 e. The normalized spacial score (nSPS) is 12.7. The molecule has 1 aliphatic rings. The monoisotopic (exact) mass is 844 g/mol. The molecule has 0 aliphatic carbocycles. The maximum Gasteiger partial charge on any atom is 0.303 e. The van der Waals surface area contributed by atoms with Gasteiger partial charge < -0.3 is 20.1 Å². The molecule has 1 atom stereocenters. The molecule has 7 nitrogen and oxygen atoms in total. The predicted molar refractivity (Wildman–Crippen MR) is 257 cm³/mol. The first-order valence-corrected chi connectivity index (χ1v) is 26.3. The smallest absolute Gasteiger partial charge is 0.303 e. The molecule has 1 saturated heterocycles. The fourth-order valence-corrected chi connectivity index (χ4v) is 7.52. The molecular weight excluding hydrogens is 747 g/mol. The van der Waals surface area contributed by atoms with Gasteiger partial charge in [0.2, 0.25) is 0 Å². The molecule has 2 rings (SSSR count). The van der Waals surface area contributed by atoms with Crippen molar-refractivity contribution in [2.45, 2.75) is 247 Å². The van der Waals surface area contributed by atoms with Crippen LogP contribution in [0.3, 0.4) is 0 Å². The van der Waals surface area contributed by atoms with Crippen LogP contribution in [-0.2, 0) is 16.1 Å². The Morgan fingerprint density at radius 2 is 0.947 bits per heavy atom. The maximum absolute atomic E-state index is 9.37. The molecule has 9 heteroatoms. The summed E-state index contributed by atoms with van der Waals surface area (Å²) in [5.74, 6) is 4.98. The van der Waals surface area contributed by atoms with Crippen molar-refractivity contribution < 1.29 is 19.8 Å². The predicted octanol–water partition coefficient (Wildman–Crippen LogP) is 15.2. The van der Waals surface area contributed by atoms with Gasteiger partial charge in [-0.2, -0.15) is 23.5 Å². The second-order valence-electron chi connectivity index (χ2n) is 15.4. The molecule has 1 aromatic heterocycles. The lowest BCUT2D eigenvalue weighted by Crippen LogP contribution is -2.42. The van der Waals surface area contributed by atoms with Crippen LogP contribution in [0.1, 0.15) is 234 Å². The number of aliphatic carboxylic acids is 2. The first-order chi connectivity index (χ1) is 27.7. The molecule has 340 valence electrons. The Morgan fingerprint density at radius 1 is 0.614 bits per heavy atom. The summed E-state index contributed by atoms with van der Waals surface area (Å²) in [7, 11) is 0. The Labute approximate surface area is 363 Å². The van der Waals surface area contributed by atoms with Crippen molar-refractivity contribution in [3.63, 3.8) is 0 Å². The lowest BCUT2D eigenvalue weighted by molar-refractivity contribution is -0.137. The summed E-state index contributed by atoms with van der Waals surface area (Å²) in [5.41, 5.74) is 0. The van der Waals surface area contributed by atoms with Crippen LogP contribution in [-0.4, -0.2) is 67.3 Å². The first-order valence-electron chi connectivity index (χ1n) is 24.0. The number of unbranched alkanes of at least 4 members (excludes halogenated alkanes) is 22. The summed E-state index contributed by atoms with van der Waals surface area (Å²) in [4.78, 5) is 22.9. The number of rotatable bonds is 34. The Kier molecular flexibility index (Phi) is 55.7. The average Bonchev–Trinajstić information content (AvgIpc) is 3.61. The molecule has 0 spiro atoms. The van der Waals surface area contributed by atoms with Gasteiger partial charge >= 0.3 is 11.9 Å². The Morgan fingerprint density at radius 3 is 1.19 bits per heavy atom. The topological polar surface area (TPSA) is 104 Å². The summed E-state index contributed by atoms with van der Waals surface area (Å²) in [5, 5.41) is 18.9. The second kappa shape index (κ2) is 52.8. The van der Waals surface area contributed by atoms with E-state index in [4.69, 9.17) is 10.2 Å². The van der Waals surface area contributed by atoms with E-state index in [2.05, 4.69) is 79.2 Å². The highest BCUT2D eigenvalue weighted by Gasteiger charge is 2.15. The van der Waals surface area contributed by atoms with Gasteiger partial charge in [-0.05, 0) is 68.6 Å². The Balaban J connectivity index is -0.000000687. The molecule has 1 unspecified atom stereocenters. The number of nitrogens with zero attached hydrogens (tertiary/aromatic N) is 2. The molecule has 1 fully saturated rings. The first kappa shape index (κ1) is 60.1. The Bertz CT molecular complexity index is 842. The number of carboxylic acids is 2. The quantitative estimate of drug-likeness (QED) is 0.0589. The number of hydrogen-bond donors (Lipinski definition) is 3. The van der Waals surface area contributed by atoms with Crippen molar-refractivity contribution in [3.05, 3.63) is 18.2 Å². The number of imidazole rings is 1. The molecule has 57 heavy (non-hydrogen) atoms. The van der Waals surface area contributed by atoms with Gasteiger partial charge in [0, 0.05) is 37.8 Å². The number of carboxylic acid groups (broad SMARTS) is 2. The van der Waals surface area contributed by atoms with Crippen LogP contribution in [0.2, 0.25) is 0 Å². The van der Waals surface area contributed by atoms with Crippen molar-refractivity contribution in [1.29, 1.82) is 0 Å². The summed E-state index contributed by atoms with van der Waals surface area (Å²) in [6, 6.07) is 0.795. The zero-order chi connectivity index (χ0) is 42.9. The standard InChI is InChI=1S/2C16H34S.C10H17N3.2C3H6O2/c2*1-3-5-6-7-8-9-10-11-12-13-14-15-16-17-4-2;1-9-11-6-8-13(9)7-2-3-10-4-5-12-10;2*1-2-3(4)5/h2*3-16H2,1-2H3;6,8,10,12H,2-5,7H2,1H3;2*2H2,1H3,(H,4,5).